The third-order valence-corrected chi connectivity index (χ3v) is 5.67. The number of ether oxygens (including phenoxy) is 1. The highest BCUT2D eigenvalue weighted by Gasteiger charge is 2.46. The first kappa shape index (κ1) is 19.1. The van der Waals surface area contributed by atoms with Crippen LogP contribution < -0.4 is 10.1 Å². The third kappa shape index (κ3) is 3.57. The molecule has 8 heteroatoms. The van der Waals surface area contributed by atoms with Crippen LogP contribution in [0.15, 0.2) is 30.3 Å². The first-order valence-electron chi connectivity index (χ1n) is 9.65. The number of aromatic nitrogens is 2. The Kier molecular flexibility index (Phi) is 4.99. The van der Waals surface area contributed by atoms with Crippen LogP contribution in [0.3, 0.4) is 0 Å². The second-order valence-electron chi connectivity index (χ2n) is 7.68. The molecule has 1 unspecified atom stereocenters. The summed E-state index contributed by atoms with van der Waals surface area (Å²) >= 11 is 0. The summed E-state index contributed by atoms with van der Waals surface area (Å²) in [6.07, 6.45) is -2.43. The minimum atomic E-state index is -4.30. The number of fused-ring (bicyclic) bond motifs is 1. The smallest absolute Gasteiger partial charge is 0.410 e. The minimum absolute atomic E-state index is 0.00673. The van der Waals surface area contributed by atoms with E-state index in [4.69, 9.17) is 4.74 Å². The van der Waals surface area contributed by atoms with Crippen molar-refractivity contribution in [3.63, 3.8) is 0 Å². The van der Waals surface area contributed by atoms with Crippen molar-refractivity contribution in [1.82, 2.24) is 14.7 Å². The summed E-state index contributed by atoms with van der Waals surface area (Å²) in [5.74, 6) is 1.28. The van der Waals surface area contributed by atoms with Gasteiger partial charge in [-0.05, 0) is 38.8 Å². The molecule has 4 rings (SSSR count). The average molecular weight is 394 g/mol. The SMILES string of the molecule is COc1ccccc1CN1CCCC1c1cc2n(n1)[C@@H](C(F)(F)F)C[C@@H](C)N2. The van der Waals surface area contributed by atoms with Gasteiger partial charge in [0, 0.05) is 24.2 Å². The highest BCUT2D eigenvalue weighted by Crippen LogP contribution is 2.42. The fraction of sp³-hybridized carbons (Fsp3) is 0.550. The number of nitrogens with one attached hydrogen (secondary N) is 1. The van der Waals surface area contributed by atoms with E-state index in [0.717, 1.165) is 35.4 Å². The number of para-hydroxylation sites is 1. The molecule has 1 aromatic carbocycles. The number of methoxy groups -OCH3 is 1. The molecular weight excluding hydrogens is 369 g/mol. The molecule has 0 bridgehead atoms. The van der Waals surface area contributed by atoms with Gasteiger partial charge in [0.15, 0.2) is 6.04 Å². The van der Waals surface area contributed by atoms with E-state index in [9.17, 15) is 13.2 Å². The molecule has 3 heterocycles. The van der Waals surface area contributed by atoms with Gasteiger partial charge in [-0.15, -0.1) is 0 Å². The van der Waals surface area contributed by atoms with Crippen molar-refractivity contribution in [2.24, 2.45) is 0 Å². The fourth-order valence-electron chi connectivity index (χ4n) is 4.34. The molecule has 1 N–H and O–H groups in total. The number of anilines is 1. The summed E-state index contributed by atoms with van der Waals surface area (Å²) in [6.45, 7) is 3.35. The molecule has 0 radical (unpaired) electrons. The maximum Gasteiger partial charge on any atom is 0.410 e. The zero-order valence-corrected chi connectivity index (χ0v) is 16.0. The molecule has 0 amide bonds. The van der Waals surface area contributed by atoms with Crippen LogP contribution in [0, 0.1) is 0 Å². The van der Waals surface area contributed by atoms with E-state index in [0.29, 0.717) is 18.1 Å². The van der Waals surface area contributed by atoms with Gasteiger partial charge in [0.25, 0.3) is 0 Å². The summed E-state index contributed by atoms with van der Waals surface area (Å²) in [4.78, 5) is 2.28. The molecule has 152 valence electrons. The van der Waals surface area contributed by atoms with Crippen molar-refractivity contribution in [2.45, 2.75) is 57.0 Å². The van der Waals surface area contributed by atoms with Crippen molar-refractivity contribution in [3.05, 3.63) is 41.6 Å². The molecule has 2 aliphatic heterocycles. The molecule has 5 nitrogen and oxygen atoms in total. The Labute approximate surface area is 162 Å². The first-order valence-corrected chi connectivity index (χ1v) is 9.65. The zero-order chi connectivity index (χ0) is 19.9. The Morgan fingerprint density at radius 1 is 1.29 bits per heavy atom. The van der Waals surface area contributed by atoms with Crippen LogP contribution >= 0.6 is 0 Å². The second-order valence-corrected chi connectivity index (χ2v) is 7.68. The Hall–Kier alpha value is -2.22. The maximum atomic E-state index is 13.5. The number of hydrogen-bond acceptors (Lipinski definition) is 4. The number of halogens is 3. The average Bonchev–Trinajstić information content (AvgIpc) is 3.26. The Bertz CT molecular complexity index is 835. The predicted molar refractivity (Wildman–Crippen MR) is 100 cm³/mol. The Morgan fingerprint density at radius 2 is 2.07 bits per heavy atom. The van der Waals surface area contributed by atoms with Gasteiger partial charge in [0.05, 0.1) is 18.8 Å². The monoisotopic (exact) mass is 394 g/mol. The van der Waals surface area contributed by atoms with Gasteiger partial charge in [-0.3, -0.25) is 4.90 Å². The number of nitrogens with zero attached hydrogens (tertiary/aromatic N) is 3. The van der Waals surface area contributed by atoms with E-state index in [2.05, 4.69) is 15.3 Å². The van der Waals surface area contributed by atoms with E-state index >= 15 is 0 Å². The molecular formula is C20H25F3N4O. The molecule has 0 aliphatic carbocycles. The van der Waals surface area contributed by atoms with Gasteiger partial charge < -0.3 is 10.1 Å². The van der Waals surface area contributed by atoms with Gasteiger partial charge in [0.2, 0.25) is 0 Å². The molecule has 1 saturated heterocycles. The van der Waals surface area contributed by atoms with Crippen molar-refractivity contribution in [2.75, 3.05) is 19.0 Å². The normalized spacial score (nSPS) is 25.4. The van der Waals surface area contributed by atoms with E-state index in [1.54, 1.807) is 20.1 Å². The molecule has 2 aromatic rings. The summed E-state index contributed by atoms with van der Waals surface area (Å²) in [6, 6.07) is 7.83. The van der Waals surface area contributed by atoms with E-state index < -0.39 is 12.2 Å². The van der Waals surface area contributed by atoms with Crippen LogP contribution in [0.5, 0.6) is 5.75 Å². The van der Waals surface area contributed by atoms with Crippen LogP contribution in [-0.4, -0.2) is 40.6 Å². The fourth-order valence-corrected chi connectivity index (χ4v) is 4.34. The first-order chi connectivity index (χ1) is 13.4. The highest BCUT2D eigenvalue weighted by atomic mass is 19.4. The predicted octanol–water partition coefficient (Wildman–Crippen LogP) is 4.54. The van der Waals surface area contributed by atoms with E-state index in [-0.39, 0.29) is 18.5 Å². The van der Waals surface area contributed by atoms with Gasteiger partial charge >= 0.3 is 6.18 Å². The second kappa shape index (κ2) is 7.31. The number of likely N-dealkylation sites (tertiary alicyclic amines) is 1. The van der Waals surface area contributed by atoms with Crippen molar-refractivity contribution < 1.29 is 17.9 Å². The highest BCUT2D eigenvalue weighted by molar-refractivity contribution is 5.42. The summed E-state index contributed by atoms with van der Waals surface area (Å²) < 4.78 is 47.1. The lowest BCUT2D eigenvalue weighted by molar-refractivity contribution is -0.173. The van der Waals surface area contributed by atoms with Crippen LogP contribution in [0.2, 0.25) is 0 Å². The third-order valence-electron chi connectivity index (χ3n) is 5.67. The number of alkyl halides is 3. The van der Waals surface area contributed by atoms with Crippen LogP contribution in [0.4, 0.5) is 19.0 Å². The Morgan fingerprint density at radius 3 is 2.82 bits per heavy atom. The zero-order valence-electron chi connectivity index (χ0n) is 16.0. The van der Waals surface area contributed by atoms with Gasteiger partial charge in [-0.25, -0.2) is 4.68 Å². The van der Waals surface area contributed by atoms with E-state index in [1.165, 1.54) is 0 Å². The largest absolute Gasteiger partial charge is 0.496 e. The lowest BCUT2D eigenvalue weighted by Crippen LogP contribution is -2.37. The van der Waals surface area contributed by atoms with E-state index in [1.807, 2.05) is 24.3 Å². The van der Waals surface area contributed by atoms with Gasteiger partial charge in [-0.2, -0.15) is 18.3 Å². The quantitative estimate of drug-likeness (QED) is 0.827. The number of hydrogen-bond donors (Lipinski definition) is 1. The van der Waals surface area contributed by atoms with Crippen LogP contribution in [-0.2, 0) is 6.54 Å². The van der Waals surface area contributed by atoms with Crippen LogP contribution in [0.25, 0.3) is 0 Å². The Balaban J connectivity index is 1.60. The van der Waals surface area contributed by atoms with Gasteiger partial charge in [-0.1, -0.05) is 18.2 Å². The van der Waals surface area contributed by atoms with Crippen molar-refractivity contribution in [1.29, 1.82) is 0 Å². The van der Waals surface area contributed by atoms with Crippen molar-refractivity contribution in [3.8, 4) is 5.75 Å². The summed E-state index contributed by atoms with van der Waals surface area (Å²) in [5.41, 5.74) is 1.78. The van der Waals surface area contributed by atoms with Crippen molar-refractivity contribution >= 4 is 5.82 Å². The summed E-state index contributed by atoms with van der Waals surface area (Å²) in [5, 5.41) is 7.56. The molecule has 1 fully saturated rings. The number of rotatable bonds is 4. The topological polar surface area (TPSA) is 42.3 Å². The number of benzene rings is 1. The molecule has 0 saturated carbocycles. The molecule has 3 atom stereocenters. The van der Waals surface area contributed by atoms with Gasteiger partial charge in [0.1, 0.15) is 11.6 Å². The molecule has 2 aliphatic rings. The molecule has 28 heavy (non-hydrogen) atoms. The minimum Gasteiger partial charge on any atom is -0.496 e. The van der Waals surface area contributed by atoms with Crippen LogP contribution in [0.1, 0.15) is 49.5 Å². The lowest BCUT2D eigenvalue weighted by Gasteiger charge is -2.31. The maximum absolute atomic E-state index is 13.5. The summed E-state index contributed by atoms with van der Waals surface area (Å²) in [7, 11) is 1.65. The standard InChI is InChI=1S/C20H25F3N4O/c1-13-10-18(20(21,22)23)27-19(24-13)11-15(25-27)16-7-5-9-26(16)12-14-6-3-4-8-17(14)28-2/h3-4,6,8,11,13,16,18,24H,5,7,9-10,12H2,1-2H3/t13-,16?,18-/m1/s1. The molecule has 0 spiro atoms. The lowest BCUT2D eigenvalue weighted by atomic mass is 10.1. The molecule has 1 aromatic heterocycles.